The summed E-state index contributed by atoms with van der Waals surface area (Å²) in [4.78, 5) is 31.2. The maximum Gasteiger partial charge on any atom is 0.410 e. The zero-order valence-corrected chi connectivity index (χ0v) is 20.0. The van der Waals surface area contributed by atoms with Crippen LogP contribution in [-0.2, 0) is 4.74 Å². The fourth-order valence-corrected chi connectivity index (χ4v) is 3.98. The van der Waals surface area contributed by atoms with Crippen LogP contribution in [0.4, 0.5) is 4.79 Å². The molecule has 166 valence electrons. The van der Waals surface area contributed by atoms with Gasteiger partial charge in [0.25, 0.3) is 5.56 Å². The minimum Gasteiger partial charge on any atom is -0.444 e. The molecule has 2 aromatic carbocycles. The van der Waals surface area contributed by atoms with Gasteiger partial charge in [-0.05, 0) is 45.6 Å². The molecule has 1 heterocycles. The highest BCUT2D eigenvalue weighted by atomic mass is 79.9. The SMILES string of the molecule is C[C@@H]([C@@H](O)CCN(C)C(=O)OC(C)(C)C)n1cnc2c(cc(Br)c3ccccc32)c1=O. The van der Waals surface area contributed by atoms with E-state index in [0.29, 0.717) is 23.9 Å². The second-order valence-corrected chi connectivity index (χ2v) is 9.61. The Morgan fingerprint density at radius 3 is 2.55 bits per heavy atom. The van der Waals surface area contributed by atoms with E-state index in [1.165, 1.54) is 15.8 Å². The van der Waals surface area contributed by atoms with Crippen molar-refractivity contribution in [2.24, 2.45) is 0 Å². The maximum absolute atomic E-state index is 13.2. The Balaban J connectivity index is 1.81. The number of aliphatic hydroxyl groups excluding tert-OH is 1. The first-order valence-corrected chi connectivity index (χ1v) is 11.0. The molecule has 3 rings (SSSR count). The van der Waals surface area contributed by atoms with Crippen molar-refractivity contribution in [3.05, 3.63) is 51.5 Å². The van der Waals surface area contributed by atoms with E-state index in [9.17, 15) is 14.7 Å². The Morgan fingerprint density at radius 1 is 1.26 bits per heavy atom. The Bertz CT molecular complexity index is 1170. The second-order valence-electron chi connectivity index (χ2n) is 8.76. The summed E-state index contributed by atoms with van der Waals surface area (Å²) in [5.41, 5.74) is -0.172. The van der Waals surface area contributed by atoms with Gasteiger partial charge in [0.2, 0.25) is 0 Å². The van der Waals surface area contributed by atoms with E-state index in [2.05, 4.69) is 20.9 Å². The van der Waals surface area contributed by atoms with Crippen LogP contribution < -0.4 is 5.56 Å². The summed E-state index contributed by atoms with van der Waals surface area (Å²) in [6.07, 6.45) is 0.485. The van der Waals surface area contributed by atoms with Crippen LogP contribution in [0.3, 0.4) is 0 Å². The molecule has 1 amide bonds. The normalized spacial score (nSPS) is 13.9. The number of ether oxygens (including phenoxy) is 1. The number of nitrogens with zero attached hydrogens (tertiary/aromatic N) is 3. The highest BCUT2D eigenvalue weighted by Crippen LogP contribution is 2.29. The molecule has 0 aliphatic rings. The van der Waals surface area contributed by atoms with Gasteiger partial charge in [-0.3, -0.25) is 9.36 Å². The van der Waals surface area contributed by atoms with Gasteiger partial charge in [0.05, 0.1) is 29.4 Å². The van der Waals surface area contributed by atoms with Crippen LogP contribution in [0.2, 0.25) is 0 Å². The smallest absolute Gasteiger partial charge is 0.410 e. The fraction of sp³-hybridized carbons (Fsp3) is 0.435. The molecule has 0 saturated heterocycles. The number of halogens is 1. The Morgan fingerprint density at radius 2 is 1.90 bits per heavy atom. The first kappa shape index (κ1) is 23.2. The lowest BCUT2D eigenvalue weighted by Crippen LogP contribution is -2.37. The lowest BCUT2D eigenvalue weighted by atomic mass is 10.1. The summed E-state index contributed by atoms with van der Waals surface area (Å²) in [6.45, 7) is 7.47. The van der Waals surface area contributed by atoms with Gasteiger partial charge in [0.1, 0.15) is 5.60 Å². The van der Waals surface area contributed by atoms with Crippen LogP contribution in [0.1, 0.15) is 40.2 Å². The van der Waals surface area contributed by atoms with Crippen molar-refractivity contribution >= 4 is 43.7 Å². The summed E-state index contributed by atoms with van der Waals surface area (Å²) in [5.74, 6) is 0. The van der Waals surface area contributed by atoms with Gasteiger partial charge >= 0.3 is 6.09 Å². The third-order valence-electron chi connectivity index (χ3n) is 5.20. The van der Waals surface area contributed by atoms with E-state index >= 15 is 0 Å². The number of fused-ring (bicyclic) bond motifs is 3. The molecule has 0 aliphatic carbocycles. The molecule has 0 unspecified atom stereocenters. The molecule has 31 heavy (non-hydrogen) atoms. The van der Waals surface area contributed by atoms with Gasteiger partial charge < -0.3 is 14.7 Å². The molecule has 0 bridgehead atoms. The molecule has 0 spiro atoms. The van der Waals surface area contributed by atoms with E-state index in [4.69, 9.17) is 4.74 Å². The standard InChI is InChI=1S/C23H28BrN3O4/c1-14(19(28)10-11-26(5)22(30)31-23(2,3)4)27-13-25-20-16-9-7-6-8-15(16)18(24)12-17(20)21(27)29/h6-9,12-14,19,28H,10-11H2,1-5H3/t14-,19-/m0/s1. The molecule has 1 aromatic heterocycles. The number of hydrogen-bond donors (Lipinski definition) is 1. The first-order valence-electron chi connectivity index (χ1n) is 10.2. The van der Waals surface area contributed by atoms with Crippen molar-refractivity contribution in [3.63, 3.8) is 0 Å². The molecule has 8 heteroatoms. The molecular weight excluding hydrogens is 462 g/mol. The number of aromatic nitrogens is 2. The molecule has 3 aromatic rings. The summed E-state index contributed by atoms with van der Waals surface area (Å²) >= 11 is 3.54. The summed E-state index contributed by atoms with van der Waals surface area (Å²) in [7, 11) is 1.62. The molecule has 0 saturated carbocycles. The van der Waals surface area contributed by atoms with Gasteiger partial charge in [-0.1, -0.05) is 40.2 Å². The van der Waals surface area contributed by atoms with Crippen molar-refractivity contribution < 1.29 is 14.6 Å². The van der Waals surface area contributed by atoms with Crippen molar-refractivity contribution in [2.75, 3.05) is 13.6 Å². The molecule has 0 aliphatic heterocycles. The van der Waals surface area contributed by atoms with Crippen molar-refractivity contribution in [1.29, 1.82) is 0 Å². The molecule has 2 atom stereocenters. The van der Waals surface area contributed by atoms with Crippen LogP contribution in [0.5, 0.6) is 0 Å². The first-order chi connectivity index (χ1) is 14.5. The molecule has 0 fully saturated rings. The Hall–Kier alpha value is -2.45. The van der Waals surface area contributed by atoms with Gasteiger partial charge in [-0.2, -0.15) is 0 Å². The number of rotatable bonds is 5. The lowest BCUT2D eigenvalue weighted by Gasteiger charge is -2.26. The number of carbonyl (C=O) groups excluding carboxylic acids is 1. The number of hydrogen-bond acceptors (Lipinski definition) is 5. The van der Waals surface area contributed by atoms with Crippen LogP contribution in [0.25, 0.3) is 21.7 Å². The lowest BCUT2D eigenvalue weighted by molar-refractivity contribution is 0.0256. The van der Waals surface area contributed by atoms with Gasteiger partial charge in [0, 0.05) is 23.5 Å². The van der Waals surface area contributed by atoms with E-state index in [1.807, 2.05) is 24.3 Å². The summed E-state index contributed by atoms with van der Waals surface area (Å²) in [5, 5.41) is 13.0. The van der Waals surface area contributed by atoms with E-state index < -0.39 is 23.8 Å². The van der Waals surface area contributed by atoms with Crippen molar-refractivity contribution in [3.8, 4) is 0 Å². The van der Waals surface area contributed by atoms with Crippen molar-refractivity contribution in [2.45, 2.75) is 51.9 Å². The zero-order chi connectivity index (χ0) is 22.9. The molecule has 7 nitrogen and oxygen atoms in total. The largest absolute Gasteiger partial charge is 0.444 e. The van der Waals surface area contributed by atoms with E-state index in [0.717, 1.165) is 15.2 Å². The Labute approximate surface area is 189 Å². The highest BCUT2D eigenvalue weighted by Gasteiger charge is 2.23. The molecule has 1 N–H and O–H groups in total. The Kier molecular flexibility index (Phi) is 6.71. The van der Waals surface area contributed by atoms with Crippen LogP contribution >= 0.6 is 15.9 Å². The van der Waals surface area contributed by atoms with Crippen LogP contribution in [0.15, 0.2) is 45.9 Å². The minimum atomic E-state index is -0.842. The van der Waals surface area contributed by atoms with E-state index in [-0.39, 0.29) is 5.56 Å². The monoisotopic (exact) mass is 489 g/mol. The summed E-state index contributed by atoms with van der Waals surface area (Å²) < 4.78 is 7.59. The molecular formula is C23H28BrN3O4. The average Bonchev–Trinajstić information content (AvgIpc) is 2.71. The zero-order valence-electron chi connectivity index (χ0n) is 18.4. The maximum atomic E-state index is 13.2. The molecule has 0 radical (unpaired) electrons. The van der Waals surface area contributed by atoms with Crippen molar-refractivity contribution in [1.82, 2.24) is 14.5 Å². The number of amides is 1. The van der Waals surface area contributed by atoms with Gasteiger partial charge in [-0.15, -0.1) is 0 Å². The second kappa shape index (κ2) is 8.96. The average molecular weight is 490 g/mol. The predicted molar refractivity (Wildman–Crippen MR) is 125 cm³/mol. The number of carbonyl (C=O) groups is 1. The highest BCUT2D eigenvalue weighted by molar-refractivity contribution is 9.10. The van der Waals surface area contributed by atoms with Gasteiger partial charge in [-0.25, -0.2) is 9.78 Å². The number of aliphatic hydroxyl groups is 1. The number of benzene rings is 2. The summed E-state index contributed by atoms with van der Waals surface area (Å²) in [6, 6.07) is 9.02. The minimum absolute atomic E-state index is 0.219. The van der Waals surface area contributed by atoms with Gasteiger partial charge in [0.15, 0.2) is 0 Å². The van der Waals surface area contributed by atoms with Crippen LogP contribution in [-0.4, -0.2) is 50.9 Å². The van der Waals surface area contributed by atoms with E-state index in [1.54, 1.807) is 40.8 Å². The third kappa shape index (κ3) is 5.07. The topological polar surface area (TPSA) is 84.7 Å². The fourth-order valence-electron chi connectivity index (χ4n) is 3.40. The quantitative estimate of drug-likeness (QED) is 0.533. The third-order valence-corrected chi connectivity index (χ3v) is 5.86. The van der Waals surface area contributed by atoms with Crippen LogP contribution in [0, 0.1) is 0 Å². The predicted octanol–water partition coefficient (Wildman–Crippen LogP) is 4.49.